The first kappa shape index (κ1) is 16.6. The van der Waals surface area contributed by atoms with Gasteiger partial charge in [0.1, 0.15) is 0 Å². The Bertz CT molecular complexity index is 2050. The largest absolute Gasteiger partial charge is 0.204 e. The van der Waals surface area contributed by atoms with Crippen molar-refractivity contribution in [2.45, 2.75) is 0 Å². The molecule has 8 aromatic carbocycles. The van der Waals surface area contributed by atoms with E-state index in [0.29, 0.717) is 5.39 Å². The molecule has 0 saturated heterocycles. The zero-order valence-corrected chi connectivity index (χ0v) is 16.8. The second-order valence-corrected chi connectivity index (χ2v) is 8.80. The van der Waals surface area contributed by atoms with E-state index in [2.05, 4.69) is 60.7 Å². The number of fused-ring (bicyclic) bond motifs is 4. The third-order valence-corrected chi connectivity index (χ3v) is 7.21. The SMILES string of the molecule is Fc1ccc2c(cc3ccc4cc5c6ccccc6cc6ccc7cc2c3c4c7c65)c1F. The summed E-state index contributed by atoms with van der Waals surface area (Å²) in [5.41, 5.74) is 0. The Kier molecular flexibility index (Phi) is 2.81. The molecule has 0 unspecified atom stereocenters. The minimum Gasteiger partial charge on any atom is -0.204 e. The van der Waals surface area contributed by atoms with Crippen LogP contribution in [0, 0.1) is 11.6 Å². The first-order chi connectivity index (χ1) is 15.7. The molecule has 8 rings (SSSR count). The van der Waals surface area contributed by atoms with Gasteiger partial charge in [0.25, 0.3) is 0 Å². The summed E-state index contributed by atoms with van der Waals surface area (Å²) in [6, 6.07) is 28.4. The van der Waals surface area contributed by atoms with E-state index in [9.17, 15) is 8.78 Å². The van der Waals surface area contributed by atoms with Crippen molar-refractivity contribution in [3.05, 3.63) is 96.6 Å². The molecular weight excluding hydrogens is 398 g/mol. The van der Waals surface area contributed by atoms with Gasteiger partial charge in [0.15, 0.2) is 11.6 Å². The van der Waals surface area contributed by atoms with Gasteiger partial charge in [-0.1, -0.05) is 54.6 Å². The van der Waals surface area contributed by atoms with Gasteiger partial charge >= 0.3 is 0 Å². The quantitative estimate of drug-likeness (QED) is 0.172. The van der Waals surface area contributed by atoms with E-state index in [1.807, 2.05) is 6.07 Å². The smallest absolute Gasteiger partial charge is 0.166 e. The molecule has 0 spiro atoms. The van der Waals surface area contributed by atoms with Crippen LogP contribution in [0.3, 0.4) is 0 Å². The fourth-order valence-electron chi connectivity index (χ4n) is 5.88. The number of halogens is 2. The summed E-state index contributed by atoms with van der Waals surface area (Å²) in [6.45, 7) is 0. The van der Waals surface area contributed by atoms with Crippen LogP contribution in [-0.4, -0.2) is 0 Å². The third kappa shape index (κ3) is 1.83. The van der Waals surface area contributed by atoms with Gasteiger partial charge in [0.05, 0.1) is 0 Å². The lowest BCUT2D eigenvalue weighted by Gasteiger charge is -2.19. The van der Waals surface area contributed by atoms with Gasteiger partial charge in [0.2, 0.25) is 0 Å². The lowest BCUT2D eigenvalue weighted by atomic mass is 9.84. The van der Waals surface area contributed by atoms with Crippen LogP contribution in [0.1, 0.15) is 0 Å². The maximum atomic E-state index is 14.7. The zero-order valence-electron chi connectivity index (χ0n) is 16.8. The summed E-state index contributed by atoms with van der Waals surface area (Å²) in [5.74, 6) is -1.59. The highest BCUT2D eigenvalue weighted by Crippen LogP contribution is 2.47. The summed E-state index contributed by atoms with van der Waals surface area (Å²) in [7, 11) is 0. The molecule has 0 saturated carbocycles. The molecule has 32 heavy (non-hydrogen) atoms. The summed E-state index contributed by atoms with van der Waals surface area (Å²) in [6.07, 6.45) is 0. The van der Waals surface area contributed by atoms with E-state index in [4.69, 9.17) is 0 Å². The van der Waals surface area contributed by atoms with Crippen LogP contribution in [-0.2, 0) is 0 Å². The maximum absolute atomic E-state index is 14.7. The summed E-state index contributed by atoms with van der Waals surface area (Å²) in [4.78, 5) is 0. The van der Waals surface area contributed by atoms with Gasteiger partial charge in [0, 0.05) is 5.39 Å². The Morgan fingerprint density at radius 1 is 0.375 bits per heavy atom. The van der Waals surface area contributed by atoms with E-state index in [-0.39, 0.29) is 0 Å². The average molecular weight is 412 g/mol. The number of hydrogen-bond donors (Lipinski definition) is 0. The topological polar surface area (TPSA) is 0 Å². The van der Waals surface area contributed by atoms with Crippen LogP contribution in [0.25, 0.3) is 75.4 Å². The van der Waals surface area contributed by atoms with Crippen molar-refractivity contribution >= 4 is 75.4 Å². The molecular formula is C30H14F2. The summed E-state index contributed by atoms with van der Waals surface area (Å²) < 4.78 is 28.7. The first-order valence-corrected chi connectivity index (χ1v) is 10.7. The first-order valence-electron chi connectivity index (χ1n) is 10.7. The molecule has 8 aromatic rings. The molecule has 0 bridgehead atoms. The molecule has 2 heteroatoms. The van der Waals surface area contributed by atoms with Gasteiger partial charge in [-0.2, -0.15) is 0 Å². The van der Waals surface area contributed by atoms with Crippen LogP contribution in [0.2, 0.25) is 0 Å². The highest BCUT2D eigenvalue weighted by atomic mass is 19.2. The van der Waals surface area contributed by atoms with E-state index in [1.165, 1.54) is 49.2 Å². The Hall–Kier alpha value is -4.04. The molecule has 148 valence electrons. The molecule has 0 nitrogen and oxygen atoms in total. The molecule has 0 aliphatic carbocycles. The van der Waals surface area contributed by atoms with Gasteiger partial charge in [-0.15, -0.1) is 0 Å². The van der Waals surface area contributed by atoms with Crippen molar-refractivity contribution in [2.24, 2.45) is 0 Å². The van der Waals surface area contributed by atoms with E-state index in [0.717, 1.165) is 26.9 Å². The molecule has 0 heterocycles. The molecule has 0 aliphatic rings. The minimum absolute atomic E-state index is 0.333. The molecule has 0 aromatic heterocycles. The molecule has 0 aliphatic heterocycles. The third-order valence-electron chi connectivity index (χ3n) is 7.21. The molecule has 0 fully saturated rings. The Labute approximate surface area is 180 Å². The highest BCUT2D eigenvalue weighted by Gasteiger charge is 2.19. The lowest BCUT2D eigenvalue weighted by molar-refractivity contribution is 0.517. The Morgan fingerprint density at radius 3 is 1.66 bits per heavy atom. The van der Waals surface area contributed by atoms with Crippen molar-refractivity contribution in [1.29, 1.82) is 0 Å². The predicted molar refractivity (Wildman–Crippen MR) is 131 cm³/mol. The van der Waals surface area contributed by atoms with Crippen LogP contribution in [0.5, 0.6) is 0 Å². The normalized spacial score (nSPS) is 12.7. The molecule has 0 radical (unpaired) electrons. The number of rotatable bonds is 0. The molecule has 0 atom stereocenters. The van der Waals surface area contributed by atoms with Crippen molar-refractivity contribution in [1.82, 2.24) is 0 Å². The van der Waals surface area contributed by atoms with Crippen LogP contribution in [0.4, 0.5) is 8.78 Å². The minimum atomic E-state index is -0.811. The second kappa shape index (κ2) is 5.41. The van der Waals surface area contributed by atoms with Gasteiger partial charge < -0.3 is 0 Å². The monoisotopic (exact) mass is 412 g/mol. The van der Waals surface area contributed by atoms with Crippen LogP contribution >= 0.6 is 0 Å². The summed E-state index contributed by atoms with van der Waals surface area (Å²) >= 11 is 0. The van der Waals surface area contributed by atoms with E-state index >= 15 is 0 Å². The van der Waals surface area contributed by atoms with Crippen molar-refractivity contribution in [3.8, 4) is 0 Å². The van der Waals surface area contributed by atoms with E-state index < -0.39 is 11.6 Å². The molecule has 0 N–H and O–H groups in total. The molecule has 0 amide bonds. The fourth-order valence-corrected chi connectivity index (χ4v) is 5.88. The van der Waals surface area contributed by atoms with Gasteiger partial charge in [-0.25, -0.2) is 8.78 Å². The highest BCUT2D eigenvalue weighted by molar-refractivity contribution is 6.40. The fraction of sp³-hybridized carbons (Fsp3) is 0. The van der Waals surface area contributed by atoms with Crippen LogP contribution < -0.4 is 0 Å². The van der Waals surface area contributed by atoms with Crippen LogP contribution in [0.15, 0.2) is 84.9 Å². The maximum Gasteiger partial charge on any atom is 0.166 e. The number of hydrogen-bond acceptors (Lipinski definition) is 0. The predicted octanol–water partition coefficient (Wildman–Crippen LogP) is 8.91. The van der Waals surface area contributed by atoms with Gasteiger partial charge in [-0.05, 0) is 100 Å². The standard InChI is InChI=1S/C30H14F2/c31-25-10-9-21-23-13-19-7-5-16-11-15-3-1-2-4-20(15)22-12-18-8-6-17(14-24(21)30(25)32)27(23)29(18)28(19)26(16)22/h1-14H. The van der Waals surface area contributed by atoms with Crippen molar-refractivity contribution in [3.63, 3.8) is 0 Å². The van der Waals surface area contributed by atoms with Gasteiger partial charge in [-0.3, -0.25) is 0 Å². The van der Waals surface area contributed by atoms with E-state index in [1.54, 1.807) is 12.1 Å². The lowest BCUT2D eigenvalue weighted by Crippen LogP contribution is -1.93. The summed E-state index contributed by atoms with van der Waals surface area (Å²) in [5, 5.41) is 15.1. The zero-order chi connectivity index (χ0) is 21.1. The second-order valence-electron chi connectivity index (χ2n) is 8.80. The number of benzene rings is 8. The Balaban J connectivity index is 1.73. The average Bonchev–Trinajstić information content (AvgIpc) is 2.83. The van der Waals surface area contributed by atoms with Crippen molar-refractivity contribution < 1.29 is 8.78 Å². The Morgan fingerprint density at radius 2 is 0.938 bits per heavy atom. The van der Waals surface area contributed by atoms with Crippen molar-refractivity contribution in [2.75, 3.05) is 0 Å².